The third kappa shape index (κ3) is 4.74. The quantitative estimate of drug-likeness (QED) is 0.283. The predicted octanol–water partition coefficient (Wildman–Crippen LogP) is 6.48. The Bertz CT molecular complexity index is 1200. The zero-order valence-electron chi connectivity index (χ0n) is 18.4. The topological polar surface area (TPSA) is 77.1 Å². The molecule has 0 saturated heterocycles. The van der Waals surface area contributed by atoms with Crippen LogP contribution in [0, 0.1) is 0 Å². The molecule has 0 bridgehead atoms. The Balaban J connectivity index is 1.37. The van der Waals surface area contributed by atoms with Crippen molar-refractivity contribution in [1.29, 1.82) is 0 Å². The molecule has 1 aromatic carbocycles. The summed E-state index contributed by atoms with van der Waals surface area (Å²) in [4.78, 5) is 18.7. The Morgan fingerprint density at radius 1 is 1.15 bits per heavy atom. The molecule has 1 aliphatic rings. The van der Waals surface area contributed by atoms with Crippen LogP contribution in [-0.2, 0) is 10.5 Å². The Labute approximate surface area is 200 Å². The van der Waals surface area contributed by atoms with E-state index in [2.05, 4.69) is 14.8 Å². The number of aromatic nitrogens is 4. The second-order valence-electron chi connectivity index (χ2n) is 8.05. The first-order valence-electron chi connectivity index (χ1n) is 11.1. The maximum atomic E-state index is 12.3. The summed E-state index contributed by atoms with van der Waals surface area (Å²) in [6, 6.07) is 13.8. The lowest BCUT2D eigenvalue weighted by molar-refractivity contribution is -0.115. The first kappa shape index (κ1) is 21.9. The summed E-state index contributed by atoms with van der Waals surface area (Å²) in [5, 5.41) is 12.5. The monoisotopic (exact) mass is 479 g/mol. The summed E-state index contributed by atoms with van der Waals surface area (Å²) >= 11 is 3.10. The molecular formula is C24H25N5O2S2. The highest BCUT2D eigenvalue weighted by Crippen LogP contribution is 2.37. The van der Waals surface area contributed by atoms with Crippen molar-refractivity contribution in [2.75, 3.05) is 4.90 Å². The van der Waals surface area contributed by atoms with Crippen molar-refractivity contribution in [3.63, 3.8) is 0 Å². The maximum Gasteiger partial charge on any atom is 0.230 e. The highest BCUT2D eigenvalue weighted by Gasteiger charge is 2.25. The zero-order chi connectivity index (χ0) is 22.6. The minimum absolute atomic E-state index is 0.0603. The molecule has 33 heavy (non-hydrogen) atoms. The minimum atomic E-state index is -0.0603. The van der Waals surface area contributed by atoms with E-state index in [1.165, 1.54) is 30.6 Å². The van der Waals surface area contributed by atoms with E-state index in [4.69, 9.17) is 9.40 Å². The average molecular weight is 480 g/mol. The van der Waals surface area contributed by atoms with Gasteiger partial charge in [-0.25, -0.2) is 4.98 Å². The predicted molar refractivity (Wildman–Crippen MR) is 131 cm³/mol. The van der Waals surface area contributed by atoms with Gasteiger partial charge in [0.1, 0.15) is 0 Å². The van der Waals surface area contributed by atoms with E-state index in [-0.39, 0.29) is 5.91 Å². The largest absolute Gasteiger partial charge is 0.461 e. The van der Waals surface area contributed by atoms with Crippen molar-refractivity contribution < 1.29 is 9.21 Å². The van der Waals surface area contributed by atoms with Crippen molar-refractivity contribution >= 4 is 39.8 Å². The number of hydrogen-bond donors (Lipinski definition) is 0. The molecule has 4 aromatic rings. The van der Waals surface area contributed by atoms with Crippen LogP contribution < -0.4 is 4.90 Å². The van der Waals surface area contributed by atoms with Gasteiger partial charge in [0.2, 0.25) is 11.7 Å². The van der Waals surface area contributed by atoms with Gasteiger partial charge in [0, 0.05) is 24.1 Å². The molecule has 7 nitrogen and oxygen atoms in total. The molecule has 0 unspecified atom stereocenters. The first-order valence-corrected chi connectivity index (χ1v) is 13.0. The third-order valence-corrected chi connectivity index (χ3v) is 7.61. The fourth-order valence-electron chi connectivity index (χ4n) is 4.23. The second kappa shape index (κ2) is 9.93. The van der Waals surface area contributed by atoms with E-state index >= 15 is 0 Å². The molecule has 1 amide bonds. The number of para-hydroxylation sites is 1. The molecule has 3 heterocycles. The lowest BCUT2D eigenvalue weighted by atomic mass is 9.95. The summed E-state index contributed by atoms with van der Waals surface area (Å²) in [5.41, 5.74) is 1.73. The van der Waals surface area contributed by atoms with Crippen molar-refractivity contribution in [1.82, 2.24) is 19.7 Å². The van der Waals surface area contributed by atoms with Gasteiger partial charge in [0.05, 0.1) is 17.6 Å². The molecule has 0 radical (unpaired) electrons. The molecule has 5 rings (SSSR count). The van der Waals surface area contributed by atoms with Crippen LogP contribution in [0.25, 0.3) is 11.6 Å². The van der Waals surface area contributed by atoms with Gasteiger partial charge < -0.3 is 4.42 Å². The summed E-state index contributed by atoms with van der Waals surface area (Å²) < 4.78 is 7.89. The standard InChI is InChI=1S/C24H25N5O2S2/c1-17(30)28(19-9-4-2-5-10-19)23-25-18(15-32-23)16-33-24-27-26-22(21-13-8-14-31-21)29(24)20-11-6-3-7-12-20/h2,4-5,8-10,13-15,20H,3,6-7,11-12,16H2,1H3. The zero-order valence-corrected chi connectivity index (χ0v) is 20.0. The fourth-order valence-corrected chi connectivity index (χ4v) is 6.12. The van der Waals surface area contributed by atoms with Gasteiger partial charge in [0.15, 0.2) is 16.0 Å². The molecular weight excluding hydrogens is 454 g/mol. The molecule has 0 spiro atoms. The number of anilines is 2. The molecule has 1 saturated carbocycles. The van der Waals surface area contributed by atoms with Crippen molar-refractivity contribution in [3.8, 4) is 11.6 Å². The van der Waals surface area contributed by atoms with Crippen LogP contribution in [0.5, 0.6) is 0 Å². The van der Waals surface area contributed by atoms with Crippen LogP contribution in [0.2, 0.25) is 0 Å². The van der Waals surface area contributed by atoms with Crippen LogP contribution in [0.15, 0.2) is 63.7 Å². The van der Waals surface area contributed by atoms with E-state index in [1.807, 2.05) is 47.8 Å². The van der Waals surface area contributed by atoms with E-state index in [0.717, 1.165) is 41.0 Å². The molecule has 0 atom stereocenters. The normalized spacial score (nSPS) is 14.5. The van der Waals surface area contributed by atoms with Gasteiger partial charge in [-0.3, -0.25) is 14.3 Å². The third-order valence-electron chi connectivity index (χ3n) is 5.76. The number of thiazole rings is 1. The SMILES string of the molecule is CC(=O)N(c1ccccc1)c1nc(CSc2nnc(-c3ccco3)n2C2CCCCC2)cs1. The van der Waals surface area contributed by atoms with E-state index in [0.29, 0.717) is 16.9 Å². The van der Waals surface area contributed by atoms with E-state index in [9.17, 15) is 4.79 Å². The second-order valence-corrected chi connectivity index (χ2v) is 9.82. The molecule has 9 heteroatoms. The summed E-state index contributed by atoms with van der Waals surface area (Å²) in [6.07, 6.45) is 7.66. The van der Waals surface area contributed by atoms with Gasteiger partial charge in [-0.15, -0.1) is 21.5 Å². The van der Waals surface area contributed by atoms with Gasteiger partial charge in [0.25, 0.3) is 0 Å². The summed E-state index contributed by atoms with van der Waals surface area (Å²) in [5.74, 6) is 2.13. The number of benzene rings is 1. The van der Waals surface area contributed by atoms with Crippen molar-refractivity contribution in [3.05, 3.63) is 59.8 Å². The first-order chi connectivity index (χ1) is 16.2. The van der Waals surface area contributed by atoms with Crippen molar-refractivity contribution in [2.45, 2.75) is 56.0 Å². The number of thioether (sulfide) groups is 1. The van der Waals surface area contributed by atoms with Gasteiger partial charge in [-0.1, -0.05) is 49.2 Å². The Morgan fingerprint density at radius 2 is 1.97 bits per heavy atom. The van der Waals surface area contributed by atoms with Gasteiger partial charge >= 0.3 is 0 Å². The number of carbonyl (C=O) groups is 1. The number of hydrogen-bond acceptors (Lipinski definition) is 7. The van der Waals surface area contributed by atoms with E-state index in [1.54, 1.807) is 29.8 Å². The molecule has 1 aliphatic carbocycles. The number of furan rings is 1. The Morgan fingerprint density at radius 3 is 2.70 bits per heavy atom. The van der Waals surface area contributed by atoms with E-state index < -0.39 is 0 Å². The van der Waals surface area contributed by atoms with Gasteiger partial charge in [-0.05, 0) is 37.1 Å². The Kier molecular flexibility index (Phi) is 6.59. The highest BCUT2D eigenvalue weighted by atomic mass is 32.2. The maximum absolute atomic E-state index is 12.3. The lowest BCUT2D eigenvalue weighted by Gasteiger charge is -2.25. The average Bonchev–Trinajstić information content (AvgIpc) is 3.60. The van der Waals surface area contributed by atoms with Crippen LogP contribution in [0.3, 0.4) is 0 Å². The van der Waals surface area contributed by atoms with Crippen LogP contribution in [-0.4, -0.2) is 25.7 Å². The van der Waals surface area contributed by atoms with Crippen LogP contribution >= 0.6 is 23.1 Å². The smallest absolute Gasteiger partial charge is 0.230 e. The number of amides is 1. The number of nitrogens with zero attached hydrogens (tertiary/aromatic N) is 5. The molecule has 3 aromatic heterocycles. The van der Waals surface area contributed by atoms with Crippen LogP contribution in [0.4, 0.5) is 10.8 Å². The number of carbonyl (C=O) groups excluding carboxylic acids is 1. The fraction of sp³-hybridized carbons (Fsp3) is 0.333. The molecule has 170 valence electrons. The summed E-state index contributed by atoms with van der Waals surface area (Å²) in [7, 11) is 0. The lowest BCUT2D eigenvalue weighted by Crippen LogP contribution is -2.22. The number of rotatable bonds is 7. The minimum Gasteiger partial charge on any atom is -0.461 e. The van der Waals surface area contributed by atoms with Crippen molar-refractivity contribution in [2.24, 2.45) is 0 Å². The van der Waals surface area contributed by atoms with Gasteiger partial charge in [-0.2, -0.15) is 0 Å². The Hall–Kier alpha value is -2.91. The van der Waals surface area contributed by atoms with Crippen LogP contribution in [0.1, 0.15) is 50.8 Å². The summed E-state index contributed by atoms with van der Waals surface area (Å²) in [6.45, 7) is 1.56. The molecule has 0 N–H and O–H groups in total. The molecule has 0 aliphatic heterocycles. The molecule has 1 fully saturated rings. The highest BCUT2D eigenvalue weighted by molar-refractivity contribution is 7.98.